The van der Waals surface area contributed by atoms with E-state index in [1.807, 2.05) is 0 Å². The Morgan fingerprint density at radius 1 is 0.919 bits per heavy atom. The number of halogens is 5. The van der Waals surface area contributed by atoms with Crippen molar-refractivity contribution < 1.29 is 65.8 Å². The first-order valence-corrected chi connectivity index (χ1v) is 20.3. The molecule has 2 fully saturated rings. The van der Waals surface area contributed by atoms with E-state index in [1.54, 1.807) is 27.7 Å². The number of nitrogens with zero attached hydrogens (tertiary/aromatic N) is 1. The molecular formula is C41H49ClF4N6O10. The van der Waals surface area contributed by atoms with Gasteiger partial charge < -0.3 is 41.7 Å². The summed E-state index contributed by atoms with van der Waals surface area (Å²) in [5, 5.41) is 19.0. The van der Waals surface area contributed by atoms with E-state index in [-0.39, 0.29) is 36.4 Å². The van der Waals surface area contributed by atoms with Gasteiger partial charge in [0.05, 0.1) is 29.9 Å². The van der Waals surface area contributed by atoms with Crippen LogP contribution >= 0.6 is 11.6 Å². The lowest BCUT2D eigenvalue weighted by Gasteiger charge is -2.35. The van der Waals surface area contributed by atoms with Crippen molar-refractivity contribution in [1.29, 1.82) is 0 Å². The zero-order chi connectivity index (χ0) is 46.2. The Morgan fingerprint density at radius 2 is 1.55 bits per heavy atom. The number of ketones is 1. The van der Waals surface area contributed by atoms with Gasteiger partial charge in [-0.1, -0.05) is 56.3 Å². The van der Waals surface area contributed by atoms with Gasteiger partial charge in [-0.15, -0.1) is 0 Å². The number of carboxylic acids is 1. The van der Waals surface area contributed by atoms with Gasteiger partial charge in [0.15, 0.2) is 23.3 Å². The molecule has 1 aliphatic heterocycles. The monoisotopic (exact) mass is 896 g/mol. The molecule has 1 aliphatic carbocycles. The number of benzene rings is 2. The molecule has 62 heavy (non-hydrogen) atoms. The number of likely N-dealkylation sites (tertiary alicyclic amines) is 1. The van der Waals surface area contributed by atoms with Crippen LogP contribution in [-0.2, 0) is 33.5 Å². The van der Waals surface area contributed by atoms with Gasteiger partial charge in [0.1, 0.15) is 23.7 Å². The van der Waals surface area contributed by atoms with Gasteiger partial charge in [0.2, 0.25) is 29.4 Å². The van der Waals surface area contributed by atoms with Crippen LogP contribution in [0.4, 0.5) is 17.6 Å². The Balaban J connectivity index is 1.58. The van der Waals surface area contributed by atoms with E-state index in [0.717, 1.165) is 11.3 Å². The Labute approximate surface area is 359 Å². The molecule has 16 nitrogen and oxygen atoms in total. The molecule has 0 aromatic heterocycles. The van der Waals surface area contributed by atoms with Crippen molar-refractivity contribution in [2.45, 2.75) is 115 Å². The van der Waals surface area contributed by atoms with Crippen LogP contribution in [0, 0.1) is 29.2 Å². The molecule has 21 heteroatoms. The van der Waals surface area contributed by atoms with E-state index in [1.165, 1.54) is 24.3 Å². The maximum atomic E-state index is 15.1. The Morgan fingerprint density at radius 3 is 2.11 bits per heavy atom. The number of carbonyl (C=O) groups excluding carboxylic acids is 7. The molecule has 1 saturated carbocycles. The molecule has 7 N–H and O–H groups in total. The smallest absolute Gasteiger partial charge is 0.339 e. The summed E-state index contributed by atoms with van der Waals surface area (Å²) in [6, 6.07) is 0.103. The molecule has 4 rings (SSSR count). The number of nitrogens with one attached hydrogen (secondary N) is 4. The van der Waals surface area contributed by atoms with Gasteiger partial charge in [0.25, 0.3) is 11.8 Å². The number of hydrogen-bond acceptors (Lipinski definition) is 9. The van der Waals surface area contributed by atoms with Crippen LogP contribution in [0.5, 0.6) is 0 Å². The highest BCUT2D eigenvalue weighted by molar-refractivity contribution is 6.38. The number of amides is 6. The maximum Gasteiger partial charge on any atom is 0.339 e. The number of rotatable bonds is 17. The van der Waals surface area contributed by atoms with Crippen LogP contribution < -0.4 is 27.0 Å². The first kappa shape index (κ1) is 49.0. The fourth-order valence-electron chi connectivity index (χ4n) is 7.61. The first-order chi connectivity index (χ1) is 29.1. The normalized spacial score (nSPS) is 18.2. The van der Waals surface area contributed by atoms with Crippen LogP contribution in [0.25, 0.3) is 0 Å². The predicted molar refractivity (Wildman–Crippen MR) is 212 cm³/mol. The van der Waals surface area contributed by atoms with Gasteiger partial charge in [-0.3, -0.25) is 33.6 Å². The minimum Gasteiger partial charge on any atom is -0.478 e. The number of primary amides is 1. The minimum atomic E-state index is -2.46. The maximum absolute atomic E-state index is 15.1. The third-order valence-electron chi connectivity index (χ3n) is 10.4. The second kappa shape index (κ2) is 21.0. The van der Waals surface area contributed by atoms with Crippen molar-refractivity contribution in [1.82, 2.24) is 26.2 Å². The van der Waals surface area contributed by atoms with E-state index in [2.05, 4.69) is 21.3 Å². The molecule has 0 bridgehead atoms. The fourth-order valence-corrected chi connectivity index (χ4v) is 7.81. The number of nitrogens with two attached hydrogens (primary N) is 1. The zero-order valence-electron chi connectivity index (χ0n) is 34.4. The van der Waals surface area contributed by atoms with Gasteiger partial charge in [-0.2, -0.15) is 0 Å². The molecule has 5 atom stereocenters. The number of carbonyl (C=O) groups is 8. The topological polar surface area (TPSA) is 243 Å². The SMILES string of the molecule is CCCC(NC(=O)C1CC(OC(C)(C)C)CN1C(=O)C(NC(=O)c1c(F)c(F)c(F)c(F)c1C(=O)O)C1CCCCC1)C(=O)C(=O)NCC(=O)NC(C(N)=O)c1cccc(Cl)c1. The summed E-state index contributed by atoms with van der Waals surface area (Å²) in [4.78, 5) is 107. The summed E-state index contributed by atoms with van der Waals surface area (Å²) in [6.07, 6.45) is 1.73. The summed E-state index contributed by atoms with van der Waals surface area (Å²) in [7, 11) is 0. The molecule has 1 saturated heterocycles. The van der Waals surface area contributed by atoms with E-state index >= 15 is 4.39 Å². The Bertz CT molecular complexity index is 2100. The van der Waals surface area contributed by atoms with Gasteiger partial charge in [-0.25, -0.2) is 22.4 Å². The number of Topliss-reactive ketones (excluding diaryl/α,β-unsaturated/α-hetero) is 1. The standard InChI is InChI=1S/C41H49ClF4N6O10/c1-5-10-23(34(54)38(58)48-17-25(53)50-32(35(47)55)20-13-9-14-21(42)15-20)49-36(56)24-16-22(62-41(2,3)4)18-52(24)39(59)33(19-11-7-6-8-12-19)51-37(57)26-27(40(60)61)29(44)31(46)30(45)28(26)43/h9,13-15,19,22-24,32-33H,5-8,10-12,16-18H2,1-4H3,(H2,47,55)(H,48,58)(H,49,56)(H,50,53)(H,51,57)(H,60,61). The van der Waals surface area contributed by atoms with Crippen LogP contribution in [0.15, 0.2) is 24.3 Å². The van der Waals surface area contributed by atoms with Crippen LogP contribution in [0.1, 0.15) is 111 Å². The molecule has 0 radical (unpaired) electrons. The highest BCUT2D eigenvalue weighted by Crippen LogP contribution is 2.32. The molecular weight excluding hydrogens is 848 g/mol. The first-order valence-electron chi connectivity index (χ1n) is 19.9. The predicted octanol–water partition coefficient (Wildman–Crippen LogP) is 3.37. The van der Waals surface area contributed by atoms with Crippen molar-refractivity contribution in [3.63, 3.8) is 0 Å². The van der Waals surface area contributed by atoms with Gasteiger partial charge in [0, 0.05) is 18.0 Å². The Kier molecular flexibility index (Phi) is 16.6. The highest BCUT2D eigenvalue weighted by atomic mass is 35.5. The largest absolute Gasteiger partial charge is 0.478 e. The summed E-state index contributed by atoms with van der Waals surface area (Å²) in [5.74, 6) is -20.4. The third kappa shape index (κ3) is 12.0. The fraction of sp³-hybridized carbons (Fsp3) is 0.512. The summed E-state index contributed by atoms with van der Waals surface area (Å²) < 4.78 is 64.3. The average molecular weight is 897 g/mol. The number of ether oxygens (including phenoxy) is 1. The van der Waals surface area contributed by atoms with Gasteiger partial charge >= 0.3 is 5.97 Å². The summed E-state index contributed by atoms with van der Waals surface area (Å²) in [5.41, 5.74) is 1.42. The molecule has 1 heterocycles. The quantitative estimate of drug-likeness (QED) is 0.0586. The zero-order valence-corrected chi connectivity index (χ0v) is 35.1. The number of aromatic carboxylic acids is 1. The van der Waals surface area contributed by atoms with Crippen molar-refractivity contribution >= 4 is 58.8 Å². The third-order valence-corrected chi connectivity index (χ3v) is 10.6. The molecule has 5 unspecified atom stereocenters. The van der Waals surface area contributed by atoms with E-state index in [4.69, 9.17) is 22.1 Å². The van der Waals surface area contributed by atoms with E-state index < -0.39 is 130 Å². The van der Waals surface area contributed by atoms with Gasteiger partial charge in [-0.05, 0) is 63.6 Å². The minimum absolute atomic E-state index is 0.0751. The second-order valence-electron chi connectivity index (χ2n) is 16.1. The van der Waals surface area contributed by atoms with Crippen molar-refractivity contribution in [2.75, 3.05) is 13.1 Å². The van der Waals surface area contributed by atoms with Crippen LogP contribution in [0.3, 0.4) is 0 Å². The lowest BCUT2D eigenvalue weighted by Crippen LogP contribution is -2.58. The van der Waals surface area contributed by atoms with E-state index in [0.29, 0.717) is 25.7 Å². The van der Waals surface area contributed by atoms with E-state index in [9.17, 15) is 56.6 Å². The molecule has 2 aromatic rings. The van der Waals surface area contributed by atoms with Crippen molar-refractivity contribution in [3.05, 3.63) is 69.2 Å². The molecule has 338 valence electrons. The van der Waals surface area contributed by atoms with Crippen molar-refractivity contribution in [2.24, 2.45) is 11.7 Å². The number of hydrogen-bond donors (Lipinski definition) is 6. The molecule has 2 aromatic carbocycles. The number of carboxylic acid groups (broad SMARTS) is 1. The summed E-state index contributed by atoms with van der Waals surface area (Å²) in [6.45, 7) is 5.77. The Hall–Kier alpha value is -5.63. The lowest BCUT2D eigenvalue weighted by molar-refractivity contribution is -0.143. The molecule has 6 amide bonds. The average Bonchev–Trinajstić information content (AvgIpc) is 3.63. The molecule has 2 aliphatic rings. The molecule has 0 spiro atoms. The second-order valence-corrected chi connectivity index (χ2v) is 16.5. The van der Waals surface area contributed by atoms with Crippen molar-refractivity contribution in [3.8, 4) is 0 Å². The lowest BCUT2D eigenvalue weighted by atomic mass is 9.83. The van der Waals surface area contributed by atoms with Crippen LogP contribution in [-0.4, -0.2) is 100 Å². The summed E-state index contributed by atoms with van der Waals surface area (Å²) >= 11 is 5.98. The highest BCUT2D eigenvalue weighted by Gasteiger charge is 2.47. The van der Waals surface area contributed by atoms with Crippen LogP contribution in [0.2, 0.25) is 5.02 Å².